The minimum Gasteiger partial charge on any atom is -0.379 e. The second-order valence-corrected chi connectivity index (χ2v) is 11.3. The molecule has 0 unspecified atom stereocenters. The van der Waals surface area contributed by atoms with Crippen molar-refractivity contribution in [2.24, 2.45) is 0 Å². The zero-order valence-corrected chi connectivity index (χ0v) is 25.4. The first-order valence-corrected chi connectivity index (χ1v) is 15.4. The number of rotatable bonds is 16. The number of nitrogens with zero attached hydrogens (tertiary/aromatic N) is 6. The van der Waals surface area contributed by atoms with Crippen LogP contribution in [0.5, 0.6) is 0 Å². The summed E-state index contributed by atoms with van der Waals surface area (Å²) in [6.07, 6.45) is 5.62. The van der Waals surface area contributed by atoms with Crippen molar-refractivity contribution in [1.82, 2.24) is 35.2 Å². The van der Waals surface area contributed by atoms with Gasteiger partial charge >= 0.3 is 6.03 Å². The van der Waals surface area contributed by atoms with Gasteiger partial charge in [-0.2, -0.15) is 0 Å². The molecule has 13 nitrogen and oxygen atoms in total. The van der Waals surface area contributed by atoms with E-state index < -0.39 is 5.54 Å². The van der Waals surface area contributed by atoms with E-state index in [4.69, 9.17) is 14.2 Å². The molecule has 2 N–H and O–H groups in total. The number of benzene rings is 2. The number of carbonyl (C=O) groups excluding carboxylic acids is 2. The highest BCUT2D eigenvalue weighted by molar-refractivity contribution is 6.07. The summed E-state index contributed by atoms with van der Waals surface area (Å²) in [4.78, 5) is 36.2. The van der Waals surface area contributed by atoms with Crippen LogP contribution in [0.3, 0.4) is 0 Å². The van der Waals surface area contributed by atoms with Crippen LogP contribution in [0.1, 0.15) is 31.7 Å². The molecule has 1 saturated heterocycles. The lowest BCUT2D eigenvalue weighted by molar-refractivity contribution is -0.134. The normalized spacial score (nSPS) is 19.3. The molecule has 6 rings (SSSR count). The summed E-state index contributed by atoms with van der Waals surface area (Å²) in [5, 5.41) is 15.6. The topological polar surface area (TPSA) is 146 Å². The Hall–Kier alpha value is -4.46. The monoisotopic (exact) mass is 614 g/mol. The molecule has 13 heteroatoms. The van der Waals surface area contributed by atoms with Crippen LogP contribution in [-0.2, 0) is 32.1 Å². The highest BCUT2D eigenvalue weighted by Crippen LogP contribution is 2.39. The fourth-order valence-corrected chi connectivity index (χ4v) is 5.58. The van der Waals surface area contributed by atoms with Gasteiger partial charge in [0.2, 0.25) is 5.95 Å². The summed E-state index contributed by atoms with van der Waals surface area (Å²) in [7, 11) is 0. The molecule has 4 aromatic rings. The van der Waals surface area contributed by atoms with Crippen molar-refractivity contribution in [3.05, 3.63) is 66.5 Å². The minimum atomic E-state index is -0.864. The van der Waals surface area contributed by atoms with Gasteiger partial charge in [0.15, 0.2) is 0 Å². The second kappa shape index (κ2) is 14.1. The summed E-state index contributed by atoms with van der Waals surface area (Å²) in [5.41, 5.74) is 2.49. The quantitative estimate of drug-likeness (QED) is 0.142. The van der Waals surface area contributed by atoms with Crippen molar-refractivity contribution in [2.75, 3.05) is 45.0 Å². The SMILES string of the molecule is CCCOCCOCCOCCn1cc(-c2ccc3nc(NC4CC5(C4)NC(=O)N(Cc4ccccc4)C5=O)ncc3c2)nn1. The van der Waals surface area contributed by atoms with Gasteiger partial charge in [-0.05, 0) is 37.0 Å². The van der Waals surface area contributed by atoms with Crippen molar-refractivity contribution in [2.45, 2.75) is 50.9 Å². The first-order chi connectivity index (χ1) is 22.0. The predicted molar refractivity (Wildman–Crippen MR) is 166 cm³/mol. The third kappa shape index (κ3) is 7.27. The molecule has 3 amide bonds. The van der Waals surface area contributed by atoms with Crippen LogP contribution in [0.2, 0.25) is 0 Å². The molecule has 1 saturated carbocycles. The van der Waals surface area contributed by atoms with Crippen molar-refractivity contribution in [3.63, 3.8) is 0 Å². The van der Waals surface area contributed by atoms with Crippen LogP contribution in [0.25, 0.3) is 22.2 Å². The Morgan fingerprint density at radius 2 is 1.73 bits per heavy atom. The Labute approximate surface area is 261 Å². The number of anilines is 1. The third-order valence-corrected chi connectivity index (χ3v) is 7.92. The van der Waals surface area contributed by atoms with Gasteiger partial charge < -0.3 is 24.8 Å². The molecule has 45 heavy (non-hydrogen) atoms. The average Bonchev–Trinajstić information content (AvgIpc) is 3.61. The number of hydrogen-bond donors (Lipinski definition) is 2. The number of carbonyl (C=O) groups is 2. The standard InChI is InChI=1S/C32H38N8O5/c1-2-11-43-13-15-45-16-14-44-12-10-39-22-28(37-38-39)24-8-9-27-25(17-24)20-33-30(35-27)34-26-18-32(19-26)29(41)40(31(42)36-32)21-23-6-4-3-5-7-23/h3-9,17,20,22,26H,2,10-16,18-19,21H2,1H3,(H,36,42)(H,33,34,35). The maximum atomic E-state index is 13.1. The van der Waals surface area contributed by atoms with E-state index in [0.29, 0.717) is 58.4 Å². The molecule has 0 radical (unpaired) electrons. The molecule has 3 heterocycles. The van der Waals surface area contributed by atoms with Gasteiger partial charge in [-0.15, -0.1) is 5.10 Å². The number of fused-ring (bicyclic) bond motifs is 1. The number of imide groups is 1. The lowest BCUT2D eigenvalue weighted by atomic mass is 9.72. The van der Waals surface area contributed by atoms with E-state index >= 15 is 0 Å². The van der Waals surface area contributed by atoms with Gasteiger partial charge in [0.05, 0.1) is 57.8 Å². The summed E-state index contributed by atoms with van der Waals surface area (Å²) < 4.78 is 18.3. The number of nitrogens with one attached hydrogen (secondary N) is 2. The van der Waals surface area contributed by atoms with Gasteiger partial charge in [-0.1, -0.05) is 48.5 Å². The van der Waals surface area contributed by atoms with E-state index in [1.54, 1.807) is 10.9 Å². The zero-order chi connectivity index (χ0) is 31.1. The molecule has 0 bridgehead atoms. The van der Waals surface area contributed by atoms with Crippen molar-refractivity contribution in [3.8, 4) is 11.3 Å². The lowest BCUT2D eigenvalue weighted by Crippen LogP contribution is -2.61. The predicted octanol–water partition coefficient (Wildman–Crippen LogP) is 3.41. The summed E-state index contributed by atoms with van der Waals surface area (Å²) in [6, 6.07) is 15.0. The van der Waals surface area contributed by atoms with Gasteiger partial charge in [-0.3, -0.25) is 9.69 Å². The zero-order valence-electron chi connectivity index (χ0n) is 25.4. The first kappa shape index (κ1) is 30.6. The van der Waals surface area contributed by atoms with Crippen molar-refractivity contribution in [1.29, 1.82) is 0 Å². The first-order valence-electron chi connectivity index (χ1n) is 15.4. The van der Waals surface area contributed by atoms with Crippen LogP contribution in [0.4, 0.5) is 10.7 Å². The molecule has 2 fully saturated rings. The van der Waals surface area contributed by atoms with Crippen LogP contribution >= 0.6 is 0 Å². The smallest absolute Gasteiger partial charge is 0.325 e. The van der Waals surface area contributed by atoms with Crippen molar-refractivity contribution < 1.29 is 23.8 Å². The molecule has 2 aromatic heterocycles. The number of amides is 3. The lowest BCUT2D eigenvalue weighted by Gasteiger charge is -2.42. The Bertz CT molecular complexity index is 1610. The molecule has 2 aliphatic rings. The minimum absolute atomic E-state index is 0.0284. The van der Waals surface area contributed by atoms with Crippen LogP contribution in [-0.4, -0.2) is 93.0 Å². The number of hydrogen-bond acceptors (Lipinski definition) is 10. The van der Waals surface area contributed by atoms with Gasteiger partial charge in [0.25, 0.3) is 5.91 Å². The van der Waals surface area contributed by atoms with Gasteiger partial charge in [0, 0.05) is 29.8 Å². The largest absolute Gasteiger partial charge is 0.379 e. The Kier molecular flexibility index (Phi) is 9.58. The molecule has 1 aliphatic carbocycles. The fraction of sp³-hybridized carbons (Fsp3) is 0.438. The maximum Gasteiger partial charge on any atom is 0.325 e. The van der Waals surface area contributed by atoms with E-state index in [-0.39, 0.29) is 24.5 Å². The summed E-state index contributed by atoms with van der Waals surface area (Å²) in [6.45, 7) is 6.42. The summed E-state index contributed by atoms with van der Waals surface area (Å²) in [5.74, 6) is 0.300. The highest BCUT2D eigenvalue weighted by atomic mass is 16.5. The molecule has 1 aliphatic heterocycles. The highest BCUT2D eigenvalue weighted by Gasteiger charge is 2.58. The molecular formula is C32H38N8O5. The van der Waals surface area contributed by atoms with E-state index in [2.05, 4.69) is 37.8 Å². The average molecular weight is 615 g/mol. The molecule has 2 aromatic carbocycles. The van der Waals surface area contributed by atoms with Crippen molar-refractivity contribution >= 4 is 28.8 Å². The number of ether oxygens (including phenoxy) is 3. The second-order valence-electron chi connectivity index (χ2n) is 11.3. The molecule has 1 spiro atoms. The van der Waals surface area contributed by atoms with E-state index in [0.717, 1.165) is 40.8 Å². The van der Waals surface area contributed by atoms with E-state index in [1.807, 2.05) is 54.7 Å². The fourth-order valence-electron chi connectivity index (χ4n) is 5.58. The molecular weight excluding hydrogens is 576 g/mol. The third-order valence-electron chi connectivity index (χ3n) is 7.92. The Balaban J connectivity index is 0.963. The van der Waals surface area contributed by atoms with Crippen LogP contribution in [0.15, 0.2) is 60.9 Å². The maximum absolute atomic E-state index is 13.1. The summed E-state index contributed by atoms with van der Waals surface area (Å²) >= 11 is 0. The van der Waals surface area contributed by atoms with Gasteiger partial charge in [0.1, 0.15) is 11.2 Å². The number of aromatic nitrogens is 5. The molecule has 236 valence electrons. The van der Waals surface area contributed by atoms with Gasteiger partial charge in [-0.25, -0.2) is 19.4 Å². The Morgan fingerprint density at radius 3 is 2.51 bits per heavy atom. The van der Waals surface area contributed by atoms with Crippen LogP contribution in [0, 0.1) is 0 Å². The van der Waals surface area contributed by atoms with E-state index in [9.17, 15) is 9.59 Å². The van der Waals surface area contributed by atoms with E-state index in [1.165, 1.54) is 4.90 Å². The molecule has 0 atom stereocenters. The van der Waals surface area contributed by atoms with Crippen LogP contribution < -0.4 is 10.6 Å². The number of urea groups is 1. The Morgan fingerprint density at radius 1 is 0.978 bits per heavy atom.